The fraction of sp³-hybridized carbons (Fsp3) is 0.286. The van der Waals surface area contributed by atoms with E-state index in [-0.39, 0.29) is 0 Å². The first kappa shape index (κ1) is 15.8. The number of fused-ring (bicyclic) bond motifs is 1. The standard InChI is InChI=1S/C21H23N3O/c1-15-4-3-5-17(14-15)24-21-19(12-13-22-21)20(23-24)11-8-16-6-9-18(25-2)10-7-16/h3-7,9-10,14,22H,8,11-13H2,1-2H3. The van der Waals surface area contributed by atoms with Crippen molar-refractivity contribution in [3.8, 4) is 11.4 Å². The second-order valence-electron chi connectivity index (χ2n) is 6.55. The van der Waals surface area contributed by atoms with Crippen molar-refractivity contribution in [3.63, 3.8) is 0 Å². The molecule has 0 spiro atoms. The van der Waals surface area contributed by atoms with E-state index < -0.39 is 0 Å². The third-order valence-corrected chi connectivity index (χ3v) is 4.79. The minimum atomic E-state index is 0.901. The molecule has 0 atom stereocenters. The molecule has 4 nitrogen and oxygen atoms in total. The molecule has 1 N–H and O–H groups in total. The maximum Gasteiger partial charge on any atom is 0.133 e. The summed E-state index contributed by atoms with van der Waals surface area (Å²) in [4.78, 5) is 0. The van der Waals surface area contributed by atoms with Crippen LogP contribution in [0.5, 0.6) is 5.75 Å². The van der Waals surface area contributed by atoms with E-state index in [9.17, 15) is 0 Å². The summed E-state index contributed by atoms with van der Waals surface area (Å²) in [5.74, 6) is 2.06. The fourth-order valence-electron chi connectivity index (χ4n) is 3.45. The van der Waals surface area contributed by atoms with Gasteiger partial charge < -0.3 is 10.1 Å². The monoisotopic (exact) mass is 333 g/mol. The summed E-state index contributed by atoms with van der Waals surface area (Å²) < 4.78 is 7.30. The van der Waals surface area contributed by atoms with Crippen LogP contribution < -0.4 is 10.1 Å². The van der Waals surface area contributed by atoms with Crippen LogP contribution in [0.4, 0.5) is 5.82 Å². The molecule has 4 heteroatoms. The quantitative estimate of drug-likeness (QED) is 0.768. The fourth-order valence-corrected chi connectivity index (χ4v) is 3.45. The molecule has 1 aliphatic rings. The SMILES string of the molecule is COc1ccc(CCc2nn(-c3cccc(C)c3)c3c2CCN3)cc1. The highest BCUT2D eigenvalue weighted by atomic mass is 16.5. The number of hydrogen-bond donors (Lipinski definition) is 1. The number of benzene rings is 2. The Morgan fingerprint density at radius 3 is 2.72 bits per heavy atom. The van der Waals surface area contributed by atoms with Gasteiger partial charge in [0.05, 0.1) is 18.5 Å². The van der Waals surface area contributed by atoms with Crippen molar-refractivity contribution in [2.75, 3.05) is 19.0 Å². The van der Waals surface area contributed by atoms with E-state index in [1.807, 2.05) is 12.1 Å². The summed E-state index contributed by atoms with van der Waals surface area (Å²) in [5.41, 5.74) is 6.26. The molecular formula is C21H23N3O. The van der Waals surface area contributed by atoms with E-state index >= 15 is 0 Å². The van der Waals surface area contributed by atoms with E-state index in [4.69, 9.17) is 9.84 Å². The molecule has 0 radical (unpaired) electrons. The minimum absolute atomic E-state index is 0.901. The van der Waals surface area contributed by atoms with Gasteiger partial charge in [-0.05, 0) is 61.6 Å². The van der Waals surface area contributed by atoms with Crippen LogP contribution in [-0.2, 0) is 19.3 Å². The van der Waals surface area contributed by atoms with Gasteiger partial charge in [0.25, 0.3) is 0 Å². The topological polar surface area (TPSA) is 39.1 Å². The Kier molecular flexibility index (Phi) is 4.18. The van der Waals surface area contributed by atoms with Crippen LogP contribution in [0, 0.1) is 6.92 Å². The normalized spacial score (nSPS) is 12.7. The minimum Gasteiger partial charge on any atom is -0.497 e. The van der Waals surface area contributed by atoms with Gasteiger partial charge in [-0.15, -0.1) is 0 Å². The molecule has 0 saturated carbocycles. The predicted octanol–water partition coefficient (Wildman–Crippen LogP) is 3.94. The van der Waals surface area contributed by atoms with Crippen LogP contribution in [0.15, 0.2) is 48.5 Å². The Morgan fingerprint density at radius 1 is 1.12 bits per heavy atom. The Hall–Kier alpha value is -2.75. The van der Waals surface area contributed by atoms with Crippen molar-refractivity contribution in [1.82, 2.24) is 9.78 Å². The highest BCUT2D eigenvalue weighted by molar-refractivity contribution is 5.57. The van der Waals surface area contributed by atoms with Crippen molar-refractivity contribution in [1.29, 1.82) is 0 Å². The zero-order chi connectivity index (χ0) is 17.2. The number of methoxy groups -OCH3 is 1. The van der Waals surface area contributed by atoms with E-state index in [2.05, 4.69) is 53.3 Å². The van der Waals surface area contributed by atoms with Crippen LogP contribution in [0.1, 0.15) is 22.4 Å². The van der Waals surface area contributed by atoms with E-state index in [0.29, 0.717) is 0 Å². The lowest BCUT2D eigenvalue weighted by atomic mass is 10.1. The number of ether oxygens (including phenoxy) is 1. The van der Waals surface area contributed by atoms with Crippen LogP contribution in [0.25, 0.3) is 5.69 Å². The van der Waals surface area contributed by atoms with Crippen molar-refractivity contribution in [2.24, 2.45) is 0 Å². The molecule has 1 aliphatic heterocycles. The summed E-state index contributed by atoms with van der Waals surface area (Å²) in [6.07, 6.45) is 3.00. The summed E-state index contributed by atoms with van der Waals surface area (Å²) in [6, 6.07) is 16.8. The first-order valence-corrected chi connectivity index (χ1v) is 8.79. The number of rotatable bonds is 5. The molecule has 25 heavy (non-hydrogen) atoms. The third-order valence-electron chi connectivity index (χ3n) is 4.79. The number of aromatic nitrogens is 2. The molecule has 0 aliphatic carbocycles. The van der Waals surface area contributed by atoms with Gasteiger partial charge in [-0.3, -0.25) is 0 Å². The van der Waals surface area contributed by atoms with Gasteiger partial charge >= 0.3 is 0 Å². The molecule has 0 amide bonds. The molecule has 1 aromatic heterocycles. The second kappa shape index (κ2) is 6.63. The van der Waals surface area contributed by atoms with E-state index in [1.165, 1.54) is 22.4 Å². The van der Waals surface area contributed by atoms with E-state index in [1.54, 1.807) is 7.11 Å². The molecule has 3 aromatic rings. The van der Waals surface area contributed by atoms with Gasteiger partial charge in [-0.1, -0.05) is 24.3 Å². The molecule has 0 fully saturated rings. The first-order chi connectivity index (χ1) is 12.2. The molecule has 2 aromatic carbocycles. The number of anilines is 1. The Balaban J connectivity index is 1.59. The van der Waals surface area contributed by atoms with Gasteiger partial charge in [0.15, 0.2) is 0 Å². The van der Waals surface area contributed by atoms with Gasteiger partial charge in [-0.2, -0.15) is 5.10 Å². The molecule has 0 saturated heterocycles. The van der Waals surface area contributed by atoms with Crippen LogP contribution in [-0.4, -0.2) is 23.4 Å². The average molecular weight is 333 g/mol. The van der Waals surface area contributed by atoms with Gasteiger partial charge in [0.1, 0.15) is 11.6 Å². The van der Waals surface area contributed by atoms with Gasteiger partial charge in [0.2, 0.25) is 0 Å². The Bertz CT molecular complexity index is 881. The zero-order valence-corrected chi connectivity index (χ0v) is 14.7. The van der Waals surface area contributed by atoms with Crippen molar-refractivity contribution < 1.29 is 4.74 Å². The summed E-state index contributed by atoms with van der Waals surface area (Å²) >= 11 is 0. The highest BCUT2D eigenvalue weighted by Gasteiger charge is 2.22. The summed E-state index contributed by atoms with van der Waals surface area (Å²) in [6.45, 7) is 3.11. The highest BCUT2D eigenvalue weighted by Crippen LogP contribution is 2.29. The van der Waals surface area contributed by atoms with Crippen molar-refractivity contribution in [2.45, 2.75) is 26.2 Å². The van der Waals surface area contributed by atoms with Gasteiger partial charge in [0, 0.05) is 12.1 Å². The number of hydrogen-bond acceptors (Lipinski definition) is 3. The lowest BCUT2D eigenvalue weighted by molar-refractivity contribution is 0.414. The Morgan fingerprint density at radius 2 is 1.96 bits per heavy atom. The van der Waals surface area contributed by atoms with Crippen LogP contribution in [0.3, 0.4) is 0 Å². The average Bonchev–Trinajstić information content (AvgIpc) is 3.23. The molecular weight excluding hydrogens is 310 g/mol. The zero-order valence-electron chi connectivity index (χ0n) is 14.7. The summed E-state index contributed by atoms with van der Waals surface area (Å²) in [5, 5.41) is 8.43. The van der Waals surface area contributed by atoms with Crippen LogP contribution in [0.2, 0.25) is 0 Å². The number of nitrogens with one attached hydrogen (secondary N) is 1. The first-order valence-electron chi connectivity index (χ1n) is 8.79. The lowest BCUT2D eigenvalue weighted by Gasteiger charge is -2.07. The predicted molar refractivity (Wildman–Crippen MR) is 101 cm³/mol. The second-order valence-corrected chi connectivity index (χ2v) is 6.55. The molecule has 2 heterocycles. The molecule has 0 bridgehead atoms. The number of nitrogens with zero attached hydrogens (tertiary/aromatic N) is 2. The van der Waals surface area contributed by atoms with Crippen molar-refractivity contribution in [3.05, 3.63) is 70.9 Å². The smallest absolute Gasteiger partial charge is 0.133 e. The maximum atomic E-state index is 5.23. The van der Waals surface area contributed by atoms with E-state index in [0.717, 1.165) is 43.1 Å². The third kappa shape index (κ3) is 3.12. The molecule has 128 valence electrons. The van der Waals surface area contributed by atoms with Gasteiger partial charge in [-0.25, -0.2) is 4.68 Å². The van der Waals surface area contributed by atoms with Crippen LogP contribution >= 0.6 is 0 Å². The lowest BCUT2D eigenvalue weighted by Crippen LogP contribution is -2.05. The largest absolute Gasteiger partial charge is 0.497 e. The summed E-state index contributed by atoms with van der Waals surface area (Å²) in [7, 11) is 1.70. The molecule has 4 rings (SSSR count). The molecule has 0 unspecified atom stereocenters. The maximum absolute atomic E-state index is 5.23. The number of aryl methyl sites for hydroxylation is 3. The van der Waals surface area contributed by atoms with Crippen molar-refractivity contribution >= 4 is 5.82 Å². The Labute approximate surface area is 148 Å².